The van der Waals surface area contributed by atoms with Crippen LogP contribution in [0.2, 0.25) is 0 Å². The normalized spacial score (nSPS) is 32.0. The van der Waals surface area contributed by atoms with E-state index >= 15 is 0 Å². The molecule has 0 aliphatic carbocycles. The molecule has 110 valence electrons. The number of nitrogens with zero attached hydrogens (tertiary/aromatic N) is 2. The fourth-order valence-electron chi connectivity index (χ4n) is 3.29. The fourth-order valence-corrected chi connectivity index (χ4v) is 3.29. The molecule has 1 unspecified atom stereocenters. The molecule has 0 amide bonds. The van der Waals surface area contributed by atoms with Gasteiger partial charge in [0.1, 0.15) is 6.67 Å². The Morgan fingerprint density at radius 2 is 2.05 bits per heavy atom. The van der Waals surface area contributed by atoms with E-state index < -0.39 is 0 Å². The Morgan fingerprint density at radius 1 is 1.25 bits per heavy atom. The van der Waals surface area contributed by atoms with Gasteiger partial charge < -0.3 is 5.32 Å². The number of benzene rings is 1. The third kappa shape index (κ3) is 2.87. The summed E-state index contributed by atoms with van der Waals surface area (Å²) < 4.78 is 13.4. The minimum atomic E-state index is -0.252. The minimum Gasteiger partial charge on any atom is -0.311 e. The summed E-state index contributed by atoms with van der Waals surface area (Å²) in [6.07, 6.45) is 0. The molecule has 0 radical (unpaired) electrons. The third-order valence-corrected chi connectivity index (χ3v) is 4.74. The molecule has 3 nitrogen and oxygen atoms in total. The number of halogens is 1. The van der Waals surface area contributed by atoms with E-state index in [2.05, 4.69) is 46.3 Å². The van der Waals surface area contributed by atoms with Gasteiger partial charge >= 0.3 is 0 Å². The van der Waals surface area contributed by atoms with Crippen molar-refractivity contribution in [2.75, 3.05) is 32.9 Å². The highest BCUT2D eigenvalue weighted by Crippen LogP contribution is 2.20. The number of piperazine rings is 1. The van der Waals surface area contributed by atoms with E-state index in [-0.39, 0.29) is 12.7 Å². The van der Waals surface area contributed by atoms with E-state index in [1.54, 1.807) is 0 Å². The van der Waals surface area contributed by atoms with Crippen molar-refractivity contribution >= 4 is 0 Å². The first-order valence-corrected chi connectivity index (χ1v) is 7.59. The van der Waals surface area contributed by atoms with Crippen LogP contribution >= 0.6 is 0 Å². The lowest BCUT2D eigenvalue weighted by atomic mass is 9.98. The molecule has 2 heterocycles. The van der Waals surface area contributed by atoms with E-state index in [0.29, 0.717) is 12.1 Å². The highest BCUT2D eigenvalue weighted by atomic mass is 19.1. The van der Waals surface area contributed by atoms with Crippen LogP contribution in [0, 0.1) is 0 Å². The maximum absolute atomic E-state index is 13.4. The monoisotopic (exact) mass is 277 g/mol. The summed E-state index contributed by atoms with van der Waals surface area (Å²) >= 11 is 0. The van der Waals surface area contributed by atoms with Gasteiger partial charge in [-0.3, -0.25) is 9.80 Å². The van der Waals surface area contributed by atoms with Crippen molar-refractivity contribution in [3.63, 3.8) is 0 Å². The van der Waals surface area contributed by atoms with Crippen LogP contribution in [0.3, 0.4) is 0 Å². The van der Waals surface area contributed by atoms with Crippen molar-refractivity contribution in [3.05, 3.63) is 35.9 Å². The Kier molecular flexibility index (Phi) is 4.34. The summed E-state index contributed by atoms with van der Waals surface area (Å²) in [5.41, 5.74) is 1.28. The maximum Gasteiger partial charge on any atom is 0.106 e. The molecular formula is C16H24FN3. The van der Waals surface area contributed by atoms with Gasteiger partial charge in [-0.05, 0) is 12.5 Å². The number of rotatable bonds is 4. The van der Waals surface area contributed by atoms with Crippen molar-refractivity contribution in [1.82, 2.24) is 15.1 Å². The Balaban J connectivity index is 1.60. The van der Waals surface area contributed by atoms with Crippen LogP contribution in [-0.2, 0) is 6.54 Å². The quantitative estimate of drug-likeness (QED) is 0.900. The minimum absolute atomic E-state index is 0.0387. The highest BCUT2D eigenvalue weighted by Gasteiger charge is 2.36. The Labute approximate surface area is 120 Å². The number of nitrogens with one attached hydrogen (secondary N) is 1. The molecule has 0 spiro atoms. The van der Waals surface area contributed by atoms with Gasteiger partial charge in [-0.1, -0.05) is 30.3 Å². The van der Waals surface area contributed by atoms with Crippen molar-refractivity contribution < 1.29 is 4.39 Å². The molecule has 3 rings (SSSR count). The van der Waals surface area contributed by atoms with Crippen LogP contribution in [0.4, 0.5) is 4.39 Å². The average molecular weight is 277 g/mol. The number of hydrogen-bond acceptors (Lipinski definition) is 3. The van der Waals surface area contributed by atoms with Gasteiger partial charge in [-0.25, -0.2) is 4.39 Å². The Hall–Kier alpha value is -0.970. The molecule has 2 fully saturated rings. The SMILES string of the molecule is C[C@H]1NCC1N1CCN(Cc2ccccc2)[C@H](CF)C1. The molecule has 2 aliphatic rings. The first kappa shape index (κ1) is 14.0. The second kappa shape index (κ2) is 6.20. The lowest BCUT2D eigenvalue weighted by molar-refractivity contribution is 0.00401. The molecule has 1 aromatic rings. The molecular weight excluding hydrogens is 253 g/mol. The molecule has 4 heteroatoms. The Bertz CT molecular complexity index is 425. The predicted octanol–water partition coefficient (Wildman–Crippen LogP) is 1.50. The summed E-state index contributed by atoms with van der Waals surface area (Å²) in [5.74, 6) is 0. The molecule has 0 saturated carbocycles. The summed E-state index contributed by atoms with van der Waals surface area (Å²) in [5, 5.41) is 3.39. The molecule has 1 aromatic carbocycles. The molecule has 0 aromatic heterocycles. The van der Waals surface area contributed by atoms with E-state index in [4.69, 9.17) is 0 Å². The highest BCUT2D eigenvalue weighted by molar-refractivity contribution is 5.15. The first-order valence-electron chi connectivity index (χ1n) is 7.59. The summed E-state index contributed by atoms with van der Waals surface area (Å²) in [6.45, 7) is 6.76. The number of alkyl halides is 1. The topological polar surface area (TPSA) is 18.5 Å². The van der Waals surface area contributed by atoms with Crippen molar-refractivity contribution in [2.24, 2.45) is 0 Å². The molecule has 2 aliphatic heterocycles. The summed E-state index contributed by atoms with van der Waals surface area (Å²) in [4.78, 5) is 4.76. The van der Waals surface area contributed by atoms with E-state index in [9.17, 15) is 4.39 Å². The largest absolute Gasteiger partial charge is 0.311 e. The Morgan fingerprint density at radius 3 is 2.65 bits per heavy atom. The summed E-state index contributed by atoms with van der Waals surface area (Å²) in [7, 11) is 0. The molecule has 20 heavy (non-hydrogen) atoms. The van der Waals surface area contributed by atoms with Gasteiger partial charge in [0.05, 0.1) is 6.04 Å². The van der Waals surface area contributed by atoms with Crippen LogP contribution < -0.4 is 5.32 Å². The zero-order chi connectivity index (χ0) is 13.9. The van der Waals surface area contributed by atoms with E-state index in [1.807, 2.05) is 6.07 Å². The van der Waals surface area contributed by atoms with Crippen LogP contribution in [0.5, 0.6) is 0 Å². The van der Waals surface area contributed by atoms with Crippen molar-refractivity contribution in [2.45, 2.75) is 31.6 Å². The average Bonchev–Trinajstić information content (AvgIpc) is 2.48. The third-order valence-electron chi connectivity index (χ3n) is 4.74. The lowest BCUT2D eigenvalue weighted by Gasteiger charge is -2.49. The van der Waals surface area contributed by atoms with E-state index in [1.165, 1.54) is 5.56 Å². The maximum atomic E-state index is 13.4. The number of hydrogen-bond donors (Lipinski definition) is 1. The lowest BCUT2D eigenvalue weighted by Crippen LogP contribution is -2.68. The van der Waals surface area contributed by atoms with Crippen LogP contribution in [0.1, 0.15) is 12.5 Å². The van der Waals surface area contributed by atoms with Gasteiger partial charge in [0, 0.05) is 44.8 Å². The zero-order valence-corrected chi connectivity index (χ0v) is 12.1. The van der Waals surface area contributed by atoms with E-state index in [0.717, 1.165) is 32.7 Å². The van der Waals surface area contributed by atoms with Gasteiger partial charge in [-0.15, -0.1) is 0 Å². The van der Waals surface area contributed by atoms with Crippen LogP contribution in [-0.4, -0.2) is 60.8 Å². The summed E-state index contributed by atoms with van der Waals surface area (Å²) in [6, 6.07) is 11.6. The molecule has 0 bridgehead atoms. The smallest absolute Gasteiger partial charge is 0.106 e. The molecule has 2 saturated heterocycles. The zero-order valence-electron chi connectivity index (χ0n) is 12.1. The first-order chi connectivity index (χ1) is 9.78. The second-order valence-electron chi connectivity index (χ2n) is 6.02. The van der Waals surface area contributed by atoms with Gasteiger partial charge in [0.15, 0.2) is 0 Å². The predicted molar refractivity (Wildman–Crippen MR) is 79.4 cm³/mol. The second-order valence-corrected chi connectivity index (χ2v) is 6.02. The molecule has 1 N–H and O–H groups in total. The van der Waals surface area contributed by atoms with Crippen molar-refractivity contribution in [1.29, 1.82) is 0 Å². The van der Waals surface area contributed by atoms with Crippen LogP contribution in [0.25, 0.3) is 0 Å². The van der Waals surface area contributed by atoms with Gasteiger partial charge in [0.25, 0.3) is 0 Å². The van der Waals surface area contributed by atoms with Crippen LogP contribution in [0.15, 0.2) is 30.3 Å². The molecule has 3 atom stereocenters. The van der Waals surface area contributed by atoms with Gasteiger partial charge in [0.2, 0.25) is 0 Å². The van der Waals surface area contributed by atoms with Crippen molar-refractivity contribution in [3.8, 4) is 0 Å². The standard InChI is InChI=1S/C16H24FN3/c1-13-16(10-18-13)20-8-7-19(15(9-17)12-20)11-14-5-3-2-4-6-14/h2-6,13,15-16,18H,7-12H2,1H3/t13-,15-,16?/m1/s1. The fraction of sp³-hybridized carbons (Fsp3) is 0.625. The van der Waals surface area contributed by atoms with Gasteiger partial charge in [-0.2, -0.15) is 0 Å².